The summed E-state index contributed by atoms with van der Waals surface area (Å²) in [5, 5.41) is 7.74. The largest absolute Gasteiger partial charge is 0.314 e. The van der Waals surface area contributed by atoms with Crippen molar-refractivity contribution in [1.29, 1.82) is 0 Å². The molecule has 98 valence electrons. The second-order valence-corrected chi connectivity index (χ2v) is 6.59. The summed E-state index contributed by atoms with van der Waals surface area (Å²) < 4.78 is 0. The SMILES string of the molecule is CC1CCCC1NC1CCCC1C1CCCN1. The molecule has 5 unspecified atom stereocenters. The number of nitrogens with one attached hydrogen (secondary N) is 2. The van der Waals surface area contributed by atoms with Gasteiger partial charge in [0.25, 0.3) is 0 Å². The van der Waals surface area contributed by atoms with Crippen LogP contribution < -0.4 is 10.6 Å². The summed E-state index contributed by atoms with van der Waals surface area (Å²) >= 11 is 0. The highest BCUT2D eigenvalue weighted by atomic mass is 15.0. The molecular weight excluding hydrogens is 208 g/mol. The summed E-state index contributed by atoms with van der Waals surface area (Å²) in [5.41, 5.74) is 0. The minimum absolute atomic E-state index is 0.816. The Morgan fingerprint density at radius 1 is 0.882 bits per heavy atom. The zero-order valence-electron chi connectivity index (χ0n) is 11.3. The van der Waals surface area contributed by atoms with Crippen LogP contribution in [0.5, 0.6) is 0 Å². The first-order chi connectivity index (χ1) is 8.34. The van der Waals surface area contributed by atoms with Gasteiger partial charge in [0.2, 0.25) is 0 Å². The summed E-state index contributed by atoms with van der Waals surface area (Å²) in [6.45, 7) is 3.69. The smallest absolute Gasteiger partial charge is 0.0113 e. The maximum absolute atomic E-state index is 4.01. The molecule has 0 aromatic rings. The molecule has 0 spiro atoms. The Hall–Kier alpha value is -0.0800. The topological polar surface area (TPSA) is 24.1 Å². The van der Waals surface area contributed by atoms with E-state index in [2.05, 4.69) is 17.6 Å². The van der Waals surface area contributed by atoms with E-state index in [9.17, 15) is 0 Å². The van der Waals surface area contributed by atoms with Crippen LogP contribution in [0.15, 0.2) is 0 Å². The zero-order valence-corrected chi connectivity index (χ0v) is 11.3. The van der Waals surface area contributed by atoms with Gasteiger partial charge in [-0.15, -0.1) is 0 Å². The van der Waals surface area contributed by atoms with Crippen molar-refractivity contribution in [2.75, 3.05) is 6.54 Å². The van der Waals surface area contributed by atoms with Gasteiger partial charge in [-0.05, 0) is 56.9 Å². The fraction of sp³-hybridized carbons (Fsp3) is 1.00. The molecule has 0 aromatic carbocycles. The molecule has 2 heteroatoms. The molecule has 5 atom stereocenters. The molecule has 3 fully saturated rings. The lowest BCUT2D eigenvalue weighted by Crippen LogP contribution is -2.46. The van der Waals surface area contributed by atoms with Crippen molar-refractivity contribution < 1.29 is 0 Å². The third kappa shape index (κ3) is 2.53. The van der Waals surface area contributed by atoms with Crippen molar-refractivity contribution in [3.05, 3.63) is 0 Å². The van der Waals surface area contributed by atoms with Gasteiger partial charge in [0.15, 0.2) is 0 Å². The van der Waals surface area contributed by atoms with Gasteiger partial charge in [-0.3, -0.25) is 0 Å². The third-order valence-corrected chi connectivity index (χ3v) is 5.47. The van der Waals surface area contributed by atoms with Crippen LogP contribution in [0.4, 0.5) is 0 Å². The Morgan fingerprint density at radius 3 is 2.41 bits per heavy atom. The Kier molecular flexibility index (Phi) is 3.72. The average Bonchev–Trinajstić information content (AvgIpc) is 3.02. The van der Waals surface area contributed by atoms with Gasteiger partial charge in [-0.25, -0.2) is 0 Å². The molecule has 1 aliphatic heterocycles. The van der Waals surface area contributed by atoms with Crippen LogP contribution in [-0.4, -0.2) is 24.7 Å². The van der Waals surface area contributed by atoms with Gasteiger partial charge < -0.3 is 10.6 Å². The maximum atomic E-state index is 4.01. The van der Waals surface area contributed by atoms with Gasteiger partial charge in [-0.2, -0.15) is 0 Å². The molecule has 2 nitrogen and oxygen atoms in total. The van der Waals surface area contributed by atoms with Crippen molar-refractivity contribution in [1.82, 2.24) is 10.6 Å². The first kappa shape index (κ1) is 12.0. The van der Waals surface area contributed by atoms with Gasteiger partial charge in [0.05, 0.1) is 0 Å². The molecule has 2 N–H and O–H groups in total. The highest BCUT2D eigenvalue weighted by molar-refractivity contribution is 4.95. The van der Waals surface area contributed by atoms with Gasteiger partial charge in [0, 0.05) is 18.1 Å². The van der Waals surface area contributed by atoms with E-state index in [1.165, 1.54) is 57.9 Å². The van der Waals surface area contributed by atoms with E-state index in [1.54, 1.807) is 0 Å². The van der Waals surface area contributed by atoms with Crippen molar-refractivity contribution in [3.63, 3.8) is 0 Å². The van der Waals surface area contributed by atoms with Crippen LogP contribution >= 0.6 is 0 Å². The number of hydrogen-bond acceptors (Lipinski definition) is 2. The number of rotatable bonds is 3. The molecule has 3 aliphatic rings. The van der Waals surface area contributed by atoms with Crippen LogP contribution in [-0.2, 0) is 0 Å². The Morgan fingerprint density at radius 2 is 1.71 bits per heavy atom. The average molecular weight is 236 g/mol. The lowest BCUT2D eigenvalue weighted by Gasteiger charge is -2.30. The third-order valence-electron chi connectivity index (χ3n) is 5.47. The molecule has 0 radical (unpaired) electrons. The highest BCUT2D eigenvalue weighted by Gasteiger charge is 2.37. The summed E-state index contributed by atoms with van der Waals surface area (Å²) in [5.74, 6) is 1.83. The van der Waals surface area contributed by atoms with Crippen LogP contribution in [0.1, 0.15) is 58.3 Å². The second kappa shape index (κ2) is 5.27. The molecule has 0 amide bonds. The molecule has 3 rings (SSSR count). The first-order valence-electron chi connectivity index (χ1n) is 7.84. The minimum Gasteiger partial charge on any atom is -0.314 e. The number of hydrogen-bond donors (Lipinski definition) is 2. The minimum atomic E-state index is 0.816. The van der Waals surface area contributed by atoms with Crippen molar-refractivity contribution in [2.45, 2.75) is 76.4 Å². The summed E-state index contributed by atoms with van der Waals surface area (Å²) in [4.78, 5) is 0. The molecule has 0 aromatic heterocycles. The molecule has 1 heterocycles. The van der Waals surface area contributed by atoms with E-state index in [0.29, 0.717) is 0 Å². The monoisotopic (exact) mass is 236 g/mol. The quantitative estimate of drug-likeness (QED) is 0.787. The summed E-state index contributed by atoms with van der Waals surface area (Å²) in [6, 6.07) is 2.46. The van der Waals surface area contributed by atoms with E-state index in [1.807, 2.05) is 0 Å². The zero-order chi connectivity index (χ0) is 11.7. The van der Waals surface area contributed by atoms with E-state index in [-0.39, 0.29) is 0 Å². The lowest BCUT2D eigenvalue weighted by molar-refractivity contribution is 0.279. The molecule has 2 aliphatic carbocycles. The van der Waals surface area contributed by atoms with Crippen molar-refractivity contribution >= 4 is 0 Å². The van der Waals surface area contributed by atoms with Crippen molar-refractivity contribution in [3.8, 4) is 0 Å². The summed E-state index contributed by atoms with van der Waals surface area (Å²) in [7, 11) is 0. The van der Waals surface area contributed by atoms with E-state index in [4.69, 9.17) is 0 Å². The summed E-state index contributed by atoms with van der Waals surface area (Å²) in [6.07, 6.45) is 11.4. The predicted octanol–water partition coefficient (Wildman–Crippen LogP) is 2.69. The van der Waals surface area contributed by atoms with Gasteiger partial charge in [0.1, 0.15) is 0 Å². The second-order valence-electron chi connectivity index (χ2n) is 6.59. The molecular formula is C15H28N2. The van der Waals surface area contributed by atoms with Crippen molar-refractivity contribution in [2.24, 2.45) is 11.8 Å². The molecule has 1 saturated heterocycles. The first-order valence-corrected chi connectivity index (χ1v) is 7.84. The Bertz CT molecular complexity index is 247. The lowest BCUT2D eigenvalue weighted by atomic mass is 9.92. The molecule has 2 saturated carbocycles. The van der Waals surface area contributed by atoms with Gasteiger partial charge >= 0.3 is 0 Å². The normalized spacial score (nSPS) is 46.8. The fourth-order valence-electron chi connectivity index (χ4n) is 4.42. The van der Waals surface area contributed by atoms with Crippen LogP contribution in [0.2, 0.25) is 0 Å². The van der Waals surface area contributed by atoms with E-state index in [0.717, 1.165) is 30.0 Å². The predicted molar refractivity (Wildman–Crippen MR) is 72.1 cm³/mol. The standard InChI is InChI=1S/C15H28N2/c1-11-5-2-7-13(11)17-15-8-3-6-12(15)14-9-4-10-16-14/h11-17H,2-10H2,1H3. The van der Waals surface area contributed by atoms with Crippen LogP contribution in [0, 0.1) is 11.8 Å². The maximum Gasteiger partial charge on any atom is 0.0113 e. The Labute approximate surface area is 106 Å². The molecule has 0 bridgehead atoms. The van der Waals surface area contributed by atoms with Gasteiger partial charge in [-0.1, -0.05) is 19.8 Å². The van der Waals surface area contributed by atoms with Crippen LogP contribution in [0.25, 0.3) is 0 Å². The van der Waals surface area contributed by atoms with E-state index >= 15 is 0 Å². The highest BCUT2D eigenvalue weighted by Crippen LogP contribution is 2.34. The molecule has 17 heavy (non-hydrogen) atoms. The van der Waals surface area contributed by atoms with E-state index < -0.39 is 0 Å². The fourth-order valence-corrected chi connectivity index (χ4v) is 4.42. The Balaban J connectivity index is 1.57. The van der Waals surface area contributed by atoms with Crippen LogP contribution in [0.3, 0.4) is 0 Å².